The van der Waals surface area contributed by atoms with Gasteiger partial charge in [-0.3, -0.25) is 4.79 Å². The summed E-state index contributed by atoms with van der Waals surface area (Å²) in [6, 6.07) is 21.5. The number of ether oxygens (including phenoxy) is 1. The van der Waals surface area contributed by atoms with Crippen LogP contribution < -0.4 is 10.2 Å². The molecule has 1 aromatic heterocycles. The van der Waals surface area contributed by atoms with Crippen LogP contribution in [-0.4, -0.2) is 37.2 Å². The summed E-state index contributed by atoms with van der Waals surface area (Å²) in [4.78, 5) is 19.3. The number of carbonyl (C=O) groups is 1. The first-order valence-electron chi connectivity index (χ1n) is 9.06. The largest absolute Gasteiger partial charge is 0.378 e. The molecule has 1 N–H and O–H groups in total. The van der Waals surface area contributed by atoms with Crippen molar-refractivity contribution in [1.82, 2.24) is 4.98 Å². The molecule has 0 radical (unpaired) electrons. The predicted molar refractivity (Wildman–Crippen MR) is 107 cm³/mol. The molecule has 0 aliphatic carbocycles. The van der Waals surface area contributed by atoms with Crippen LogP contribution in [0.2, 0.25) is 0 Å². The van der Waals surface area contributed by atoms with E-state index in [0.29, 0.717) is 18.8 Å². The number of nitrogens with zero attached hydrogens (tertiary/aromatic N) is 2. The molecule has 1 aliphatic heterocycles. The third-order valence-electron chi connectivity index (χ3n) is 4.60. The van der Waals surface area contributed by atoms with Crippen LogP contribution >= 0.6 is 0 Å². The summed E-state index contributed by atoms with van der Waals surface area (Å²) >= 11 is 0. The first-order chi connectivity index (χ1) is 13.3. The molecule has 0 bridgehead atoms. The molecule has 2 heterocycles. The maximum atomic E-state index is 12.7. The first-order valence-corrected chi connectivity index (χ1v) is 9.06. The highest BCUT2D eigenvalue weighted by Gasteiger charge is 2.17. The van der Waals surface area contributed by atoms with Crippen molar-refractivity contribution < 1.29 is 9.53 Å². The molecule has 2 aromatic carbocycles. The fraction of sp³-hybridized carbons (Fsp3) is 0.182. The molecule has 1 saturated heterocycles. The minimum absolute atomic E-state index is 0.142. The van der Waals surface area contributed by atoms with Crippen LogP contribution in [0.5, 0.6) is 0 Å². The molecule has 1 aliphatic rings. The molecule has 136 valence electrons. The summed E-state index contributed by atoms with van der Waals surface area (Å²) in [7, 11) is 0. The van der Waals surface area contributed by atoms with Crippen LogP contribution in [0.4, 0.5) is 11.5 Å². The third kappa shape index (κ3) is 3.99. The van der Waals surface area contributed by atoms with E-state index in [1.165, 1.54) is 0 Å². The van der Waals surface area contributed by atoms with E-state index in [0.717, 1.165) is 35.7 Å². The minimum atomic E-state index is -0.142. The fourth-order valence-corrected chi connectivity index (χ4v) is 3.16. The first kappa shape index (κ1) is 17.2. The Hall–Kier alpha value is -3.18. The number of nitrogens with one attached hydrogen (secondary N) is 1. The Morgan fingerprint density at radius 1 is 0.889 bits per heavy atom. The summed E-state index contributed by atoms with van der Waals surface area (Å²) in [5.41, 5.74) is 3.55. The number of rotatable bonds is 4. The number of benzene rings is 2. The number of carbonyl (C=O) groups excluding carboxylic acids is 1. The standard InChI is InChI=1S/C22H21N3O2/c26-22(19-10-8-18(9-11-19)17-5-2-1-3-6-17)24-20-7-4-12-23-21(20)25-13-15-27-16-14-25/h1-12H,13-16H2,(H,24,26). The zero-order valence-electron chi connectivity index (χ0n) is 15.0. The lowest BCUT2D eigenvalue weighted by Crippen LogP contribution is -2.37. The predicted octanol–water partition coefficient (Wildman–Crippen LogP) is 3.84. The van der Waals surface area contributed by atoms with Crippen LogP contribution in [-0.2, 0) is 4.74 Å². The van der Waals surface area contributed by atoms with Crippen molar-refractivity contribution >= 4 is 17.4 Å². The summed E-state index contributed by atoms with van der Waals surface area (Å²) in [6.07, 6.45) is 1.75. The molecule has 5 heteroatoms. The van der Waals surface area contributed by atoms with Gasteiger partial charge in [0.1, 0.15) is 0 Å². The van der Waals surface area contributed by atoms with E-state index in [1.54, 1.807) is 6.20 Å². The average molecular weight is 359 g/mol. The van der Waals surface area contributed by atoms with Gasteiger partial charge < -0.3 is 15.0 Å². The Morgan fingerprint density at radius 3 is 2.33 bits per heavy atom. The van der Waals surface area contributed by atoms with Crippen LogP contribution in [0.15, 0.2) is 72.9 Å². The van der Waals surface area contributed by atoms with Crippen LogP contribution in [0.25, 0.3) is 11.1 Å². The van der Waals surface area contributed by atoms with Crippen LogP contribution in [0.3, 0.4) is 0 Å². The molecule has 1 fully saturated rings. The van der Waals surface area contributed by atoms with Gasteiger partial charge in [-0.25, -0.2) is 4.98 Å². The Labute approximate surface area is 158 Å². The Morgan fingerprint density at radius 2 is 1.59 bits per heavy atom. The average Bonchev–Trinajstić information content (AvgIpc) is 2.75. The lowest BCUT2D eigenvalue weighted by molar-refractivity contribution is 0.102. The van der Waals surface area contributed by atoms with Gasteiger partial charge in [0.15, 0.2) is 5.82 Å². The highest BCUT2D eigenvalue weighted by molar-refractivity contribution is 6.05. The van der Waals surface area contributed by atoms with Gasteiger partial charge in [-0.05, 0) is 35.4 Å². The molecule has 1 amide bonds. The molecule has 0 saturated carbocycles. The van der Waals surface area contributed by atoms with Crippen molar-refractivity contribution in [1.29, 1.82) is 0 Å². The van der Waals surface area contributed by atoms with E-state index in [2.05, 4.69) is 27.3 Å². The van der Waals surface area contributed by atoms with E-state index in [4.69, 9.17) is 4.74 Å². The molecule has 5 nitrogen and oxygen atoms in total. The quantitative estimate of drug-likeness (QED) is 0.769. The van der Waals surface area contributed by atoms with Gasteiger partial charge in [0.2, 0.25) is 0 Å². The van der Waals surface area contributed by atoms with Crippen LogP contribution in [0.1, 0.15) is 10.4 Å². The summed E-state index contributed by atoms with van der Waals surface area (Å²) in [5.74, 6) is 0.646. The molecule has 3 aromatic rings. The van der Waals surface area contributed by atoms with Gasteiger partial charge in [0.05, 0.1) is 18.9 Å². The fourth-order valence-electron chi connectivity index (χ4n) is 3.16. The second-order valence-corrected chi connectivity index (χ2v) is 6.37. The van der Waals surface area contributed by atoms with Crippen molar-refractivity contribution in [2.45, 2.75) is 0 Å². The topological polar surface area (TPSA) is 54.5 Å². The van der Waals surface area contributed by atoms with Gasteiger partial charge in [-0.15, -0.1) is 0 Å². The van der Waals surface area contributed by atoms with E-state index in [-0.39, 0.29) is 5.91 Å². The second-order valence-electron chi connectivity index (χ2n) is 6.37. The highest BCUT2D eigenvalue weighted by Crippen LogP contribution is 2.25. The maximum Gasteiger partial charge on any atom is 0.255 e. The van der Waals surface area contributed by atoms with E-state index >= 15 is 0 Å². The van der Waals surface area contributed by atoms with Gasteiger partial charge in [-0.2, -0.15) is 0 Å². The lowest BCUT2D eigenvalue weighted by atomic mass is 10.0. The number of hydrogen-bond acceptors (Lipinski definition) is 4. The zero-order valence-corrected chi connectivity index (χ0v) is 15.0. The summed E-state index contributed by atoms with van der Waals surface area (Å²) in [6.45, 7) is 2.88. The summed E-state index contributed by atoms with van der Waals surface area (Å²) < 4.78 is 5.40. The number of anilines is 2. The Bertz CT molecular complexity index is 904. The SMILES string of the molecule is O=C(Nc1cccnc1N1CCOCC1)c1ccc(-c2ccccc2)cc1. The van der Waals surface area contributed by atoms with Crippen LogP contribution in [0, 0.1) is 0 Å². The molecular formula is C22H21N3O2. The highest BCUT2D eigenvalue weighted by atomic mass is 16.5. The van der Waals surface area contributed by atoms with Crippen molar-refractivity contribution in [3.05, 3.63) is 78.5 Å². The number of pyridine rings is 1. The number of morpholine rings is 1. The van der Waals surface area contributed by atoms with E-state index in [9.17, 15) is 4.79 Å². The molecule has 4 rings (SSSR count). The minimum Gasteiger partial charge on any atom is -0.378 e. The zero-order chi connectivity index (χ0) is 18.5. The molecule has 27 heavy (non-hydrogen) atoms. The third-order valence-corrected chi connectivity index (χ3v) is 4.60. The van der Waals surface area contributed by atoms with Gasteiger partial charge in [0, 0.05) is 24.8 Å². The monoisotopic (exact) mass is 359 g/mol. The number of aromatic nitrogens is 1. The normalized spacial score (nSPS) is 14.0. The van der Waals surface area contributed by atoms with Gasteiger partial charge >= 0.3 is 0 Å². The van der Waals surface area contributed by atoms with Gasteiger partial charge in [0.25, 0.3) is 5.91 Å². The Kier molecular flexibility index (Phi) is 5.12. The summed E-state index contributed by atoms with van der Waals surface area (Å²) in [5, 5.41) is 3.00. The molecule has 0 unspecified atom stereocenters. The van der Waals surface area contributed by atoms with Crippen molar-refractivity contribution in [3.63, 3.8) is 0 Å². The Balaban J connectivity index is 1.51. The number of amides is 1. The van der Waals surface area contributed by atoms with Crippen molar-refractivity contribution in [2.75, 3.05) is 36.5 Å². The van der Waals surface area contributed by atoms with Gasteiger partial charge in [-0.1, -0.05) is 42.5 Å². The van der Waals surface area contributed by atoms with E-state index < -0.39 is 0 Å². The van der Waals surface area contributed by atoms with Crippen molar-refractivity contribution in [3.8, 4) is 11.1 Å². The number of hydrogen-bond donors (Lipinski definition) is 1. The molecule has 0 spiro atoms. The molecular weight excluding hydrogens is 338 g/mol. The van der Waals surface area contributed by atoms with Crippen molar-refractivity contribution in [2.24, 2.45) is 0 Å². The second kappa shape index (κ2) is 8.01. The molecule has 0 atom stereocenters. The maximum absolute atomic E-state index is 12.7. The van der Waals surface area contributed by atoms with E-state index in [1.807, 2.05) is 54.6 Å². The lowest BCUT2D eigenvalue weighted by Gasteiger charge is -2.29. The smallest absolute Gasteiger partial charge is 0.255 e.